The minimum atomic E-state index is -0.856. The molecule has 0 fully saturated rings. The molecule has 1 aromatic heterocycles. The Kier molecular flexibility index (Phi) is 4.73. The number of hydrogen-bond acceptors (Lipinski definition) is 7. The normalized spacial score (nSPS) is 15.0. The van der Waals surface area contributed by atoms with E-state index in [0.29, 0.717) is 22.8 Å². The number of hydrazine groups is 1. The van der Waals surface area contributed by atoms with Crippen molar-refractivity contribution >= 4 is 22.8 Å². The zero-order chi connectivity index (χ0) is 20.5. The van der Waals surface area contributed by atoms with Crippen molar-refractivity contribution < 1.29 is 28.5 Å². The van der Waals surface area contributed by atoms with Crippen LogP contribution in [0.4, 0.5) is 0 Å². The molecule has 2 heterocycles. The molecule has 0 saturated carbocycles. The minimum absolute atomic E-state index is 0.260. The third kappa shape index (κ3) is 3.21. The highest BCUT2D eigenvalue weighted by Gasteiger charge is 2.36. The Balaban J connectivity index is 1.52. The van der Waals surface area contributed by atoms with Crippen LogP contribution < -0.4 is 25.1 Å². The number of aromatic amines is 1. The highest BCUT2D eigenvalue weighted by atomic mass is 16.6. The molecule has 150 valence electrons. The molecule has 0 saturated heterocycles. The Hall–Kier alpha value is -3.72. The van der Waals surface area contributed by atoms with Crippen molar-refractivity contribution in [2.45, 2.75) is 6.23 Å². The van der Waals surface area contributed by atoms with Crippen molar-refractivity contribution in [1.29, 1.82) is 0 Å². The maximum Gasteiger partial charge on any atom is 0.344 e. The summed E-state index contributed by atoms with van der Waals surface area (Å²) < 4.78 is 21.0. The molecule has 1 atom stereocenters. The van der Waals surface area contributed by atoms with Crippen molar-refractivity contribution in [3.63, 3.8) is 0 Å². The summed E-state index contributed by atoms with van der Waals surface area (Å²) in [6.07, 6.45) is -0.856. The van der Waals surface area contributed by atoms with Crippen LogP contribution in [-0.2, 0) is 4.74 Å². The van der Waals surface area contributed by atoms with Crippen LogP contribution in [0.1, 0.15) is 32.6 Å². The Morgan fingerprint density at radius 1 is 1.07 bits per heavy atom. The molecule has 0 spiro atoms. The average Bonchev–Trinajstić information content (AvgIpc) is 3.31. The monoisotopic (exact) mass is 397 g/mol. The maximum absolute atomic E-state index is 12.5. The van der Waals surface area contributed by atoms with Crippen molar-refractivity contribution in [1.82, 2.24) is 15.8 Å². The van der Waals surface area contributed by atoms with Gasteiger partial charge in [0.1, 0.15) is 17.0 Å². The first-order valence-corrected chi connectivity index (χ1v) is 8.74. The van der Waals surface area contributed by atoms with Gasteiger partial charge < -0.3 is 23.9 Å². The molecular formula is C20H19N3O6. The van der Waals surface area contributed by atoms with E-state index >= 15 is 0 Å². The Labute approximate surface area is 165 Å². The first-order valence-electron chi connectivity index (χ1n) is 8.74. The Morgan fingerprint density at radius 3 is 2.62 bits per heavy atom. The second-order valence-corrected chi connectivity index (χ2v) is 6.29. The summed E-state index contributed by atoms with van der Waals surface area (Å²) in [5.41, 5.74) is 7.23. The van der Waals surface area contributed by atoms with Gasteiger partial charge in [0.05, 0.1) is 21.3 Å². The third-order valence-electron chi connectivity index (χ3n) is 4.68. The lowest BCUT2D eigenvalue weighted by atomic mass is 10.1. The summed E-state index contributed by atoms with van der Waals surface area (Å²) in [4.78, 5) is 27.8. The number of hydrogen-bond donors (Lipinski definition) is 3. The lowest BCUT2D eigenvalue weighted by Crippen LogP contribution is -2.40. The number of methoxy groups -OCH3 is 3. The number of nitrogens with one attached hydrogen (secondary N) is 3. The van der Waals surface area contributed by atoms with Crippen molar-refractivity contribution in [3.8, 4) is 17.2 Å². The largest absolute Gasteiger partial charge is 0.497 e. The van der Waals surface area contributed by atoms with Gasteiger partial charge in [-0.2, -0.15) is 5.43 Å². The standard InChI is InChI=1S/C20H19N3O6/c1-26-11-4-6-13-10(8-11)9-14(21-13)18(24)22-23-19-12-5-7-15(27-2)17(28-3)16(12)20(25)29-19/h4-9,19,21,23H,1-3H3,(H,22,24)/t19-/m0/s1. The zero-order valence-electron chi connectivity index (χ0n) is 16.0. The molecule has 29 heavy (non-hydrogen) atoms. The number of amides is 1. The molecule has 9 nitrogen and oxygen atoms in total. The number of rotatable bonds is 6. The fourth-order valence-corrected chi connectivity index (χ4v) is 3.27. The van der Waals surface area contributed by atoms with E-state index in [1.807, 2.05) is 12.1 Å². The van der Waals surface area contributed by atoms with Gasteiger partial charge in [0.25, 0.3) is 5.91 Å². The number of benzene rings is 2. The summed E-state index contributed by atoms with van der Waals surface area (Å²) in [6, 6.07) is 10.5. The number of carbonyl (C=O) groups excluding carboxylic acids is 2. The topological polar surface area (TPSA) is 111 Å². The van der Waals surface area contributed by atoms with Crippen LogP contribution in [0.25, 0.3) is 10.9 Å². The molecule has 0 radical (unpaired) electrons. The van der Waals surface area contributed by atoms with Gasteiger partial charge in [-0.05, 0) is 36.4 Å². The van der Waals surface area contributed by atoms with Gasteiger partial charge in [-0.25, -0.2) is 4.79 Å². The lowest BCUT2D eigenvalue weighted by molar-refractivity contribution is 0.0259. The minimum Gasteiger partial charge on any atom is -0.497 e. The van der Waals surface area contributed by atoms with E-state index in [1.54, 1.807) is 31.4 Å². The summed E-state index contributed by atoms with van der Waals surface area (Å²) >= 11 is 0. The van der Waals surface area contributed by atoms with E-state index in [0.717, 1.165) is 10.9 Å². The second kappa shape index (κ2) is 7.36. The zero-order valence-corrected chi connectivity index (χ0v) is 16.0. The van der Waals surface area contributed by atoms with Crippen LogP contribution in [0.3, 0.4) is 0 Å². The molecule has 0 aliphatic carbocycles. The summed E-state index contributed by atoms with van der Waals surface area (Å²) in [5.74, 6) is 0.419. The van der Waals surface area contributed by atoms with Gasteiger partial charge in [-0.1, -0.05) is 0 Å². The van der Waals surface area contributed by atoms with Crippen LogP contribution in [0, 0.1) is 0 Å². The average molecular weight is 397 g/mol. The second-order valence-electron chi connectivity index (χ2n) is 6.29. The summed E-state index contributed by atoms with van der Waals surface area (Å²) in [7, 11) is 4.51. The van der Waals surface area contributed by atoms with Gasteiger partial charge in [0.2, 0.25) is 0 Å². The number of ether oxygens (including phenoxy) is 4. The van der Waals surface area contributed by atoms with E-state index in [1.165, 1.54) is 14.2 Å². The first kappa shape index (κ1) is 18.6. The molecule has 0 unspecified atom stereocenters. The van der Waals surface area contributed by atoms with Crippen LogP contribution in [0.15, 0.2) is 36.4 Å². The van der Waals surface area contributed by atoms with Gasteiger partial charge in [-0.15, -0.1) is 0 Å². The molecule has 9 heteroatoms. The molecular weight excluding hydrogens is 378 g/mol. The van der Waals surface area contributed by atoms with Crippen LogP contribution in [0.2, 0.25) is 0 Å². The molecule has 1 amide bonds. The lowest BCUT2D eigenvalue weighted by Gasteiger charge is -2.14. The Morgan fingerprint density at radius 2 is 1.90 bits per heavy atom. The predicted octanol–water partition coefficient (Wildman–Crippen LogP) is 2.30. The number of H-pyrrole nitrogens is 1. The molecule has 0 bridgehead atoms. The van der Waals surface area contributed by atoms with E-state index in [2.05, 4.69) is 15.8 Å². The van der Waals surface area contributed by atoms with E-state index < -0.39 is 18.1 Å². The fraction of sp³-hybridized carbons (Fsp3) is 0.200. The molecule has 3 N–H and O–H groups in total. The SMILES string of the molecule is COc1ccc2[nH]c(C(=O)NN[C@H]3OC(=O)c4c3ccc(OC)c4OC)cc2c1. The fourth-order valence-electron chi connectivity index (χ4n) is 3.27. The van der Waals surface area contributed by atoms with Crippen molar-refractivity contribution in [2.24, 2.45) is 0 Å². The predicted molar refractivity (Wildman–Crippen MR) is 103 cm³/mol. The van der Waals surface area contributed by atoms with Crippen LogP contribution >= 0.6 is 0 Å². The molecule has 2 aromatic carbocycles. The molecule has 4 rings (SSSR count). The van der Waals surface area contributed by atoms with E-state index in [9.17, 15) is 9.59 Å². The van der Waals surface area contributed by atoms with Crippen LogP contribution in [-0.4, -0.2) is 38.2 Å². The quantitative estimate of drug-likeness (QED) is 0.432. The van der Waals surface area contributed by atoms with Crippen molar-refractivity contribution in [3.05, 3.63) is 53.2 Å². The van der Waals surface area contributed by atoms with Gasteiger partial charge in [-0.3, -0.25) is 10.2 Å². The molecule has 1 aliphatic heterocycles. The maximum atomic E-state index is 12.5. The Bertz CT molecular complexity index is 1110. The van der Waals surface area contributed by atoms with E-state index in [-0.39, 0.29) is 11.3 Å². The number of cyclic esters (lactones) is 1. The highest BCUT2D eigenvalue weighted by Crippen LogP contribution is 2.40. The van der Waals surface area contributed by atoms with E-state index in [4.69, 9.17) is 18.9 Å². The molecule has 3 aromatic rings. The molecule has 1 aliphatic rings. The highest BCUT2D eigenvalue weighted by molar-refractivity contribution is 5.99. The summed E-state index contributed by atoms with van der Waals surface area (Å²) in [5, 5.41) is 0.837. The first-order chi connectivity index (χ1) is 14.0. The van der Waals surface area contributed by atoms with Crippen molar-refractivity contribution in [2.75, 3.05) is 21.3 Å². The number of carbonyl (C=O) groups is 2. The van der Waals surface area contributed by atoms with Gasteiger partial charge >= 0.3 is 5.97 Å². The third-order valence-corrected chi connectivity index (χ3v) is 4.68. The van der Waals surface area contributed by atoms with Crippen LogP contribution in [0.5, 0.6) is 17.2 Å². The smallest absolute Gasteiger partial charge is 0.344 e. The van der Waals surface area contributed by atoms with Gasteiger partial charge in [0, 0.05) is 16.5 Å². The number of fused-ring (bicyclic) bond motifs is 2. The van der Waals surface area contributed by atoms with Gasteiger partial charge in [0.15, 0.2) is 17.7 Å². The number of aromatic nitrogens is 1. The number of esters is 1. The summed E-state index contributed by atoms with van der Waals surface area (Å²) in [6.45, 7) is 0.